The van der Waals surface area contributed by atoms with Gasteiger partial charge in [-0.3, -0.25) is 24.2 Å². The highest BCUT2D eigenvalue weighted by molar-refractivity contribution is 6.46. The van der Waals surface area contributed by atoms with Gasteiger partial charge < -0.3 is 19.8 Å². The number of rotatable bonds is 9. The van der Waals surface area contributed by atoms with E-state index in [4.69, 9.17) is 21.1 Å². The van der Waals surface area contributed by atoms with Crippen LogP contribution in [0.2, 0.25) is 5.02 Å². The van der Waals surface area contributed by atoms with Gasteiger partial charge in [-0.1, -0.05) is 23.7 Å². The van der Waals surface area contributed by atoms with E-state index < -0.39 is 35.0 Å². The number of carbonyl (C=O) groups excluding carboxylic acids is 3. The molecule has 0 fully saturated rings. The number of methoxy groups -OCH3 is 2. The summed E-state index contributed by atoms with van der Waals surface area (Å²) in [5.74, 6) is -3.48. The second-order valence-corrected chi connectivity index (χ2v) is 8.72. The number of H-pyrrole nitrogens is 1. The molecule has 2 aromatic carbocycles. The number of benzene rings is 2. The number of esters is 1. The molecule has 0 aliphatic heterocycles. The SMILES string of the molecule is COC(=O)C(Cc1nc2ccc(Cl)cc2[nH]c1=O)C(=NNC(=O)c1ccncc1)C(=O)Nc1ccccc1OC. The summed E-state index contributed by atoms with van der Waals surface area (Å²) in [6, 6.07) is 14.2. The first-order chi connectivity index (χ1) is 19.3. The lowest BCUT2D eigenvalue weighted by molar-refractivity contribution is -0.143. The summed E-state index contributed by atoms with van der Waals surface area (Å²) in [7, 11) is 2.55. The number of nitrogens with zero attached hydrogens (tertiary/aromatic N) is 3. The van der Waals surface area contributed by atoms with Crippen LogP contribution in [0.25, 0.3) is 11.0 Å². The molecule has 40 heavy (non-hydrogen) atoms. The maximum absolute atomic E-state index is 13.5. The number of halogens is 1. The van der Waals surface area contributed by atoms with E-state index in [1.165, 1.54) is 37.7 Å². The van der Waals surface area contributed by atoms with Gasteiger partial charge in [-0.25, -0.2) is 10.4 Å². The number of ether oxygens (including phenoxy) is 2. The number of carbonyl (C=O) groups is 3. The zero-order valence-electron chi connectivity index (χ0n) is 21.3. The minimum Gasteiger partial charge on any atom is -0.495 e. The van der Waals surface area contributed by atoms with Crippen molar-refractivity contribution in [3.8, 4) is 5.75 Å². The Kier molecular flexibility index (Phi) is 8.82. The van der Waals surface area contributed by atoms with Crippen molar-refractivity contribution in [3.05, 3.63) is 93.6 Å². The lowest BCUT2D eigenvalue weighted by Gasteiger charge is -2.18. The predicted molar refractivity (Wildman–Crippen MR) is 147 cm³/mol. The van der Waals surface area contributed by atoms with Gasteiger partial charge in [0.25, 0.3) is 17.4 Å². The number of hydrogen-bond acceptors (Lipinski definition) is 9. The molecule has 2 aromatic heterocycles. The van der Waals surface area contributed by atoms with E-state index in [1.807, 2.05) is 0 Å². The van der Waals surface area contributed by atoms with Crippen LogP contribution in [0, 0.1) is 5.92 Å². The summed E-state index contributed by atoms with van der Waals surface area (Å²) in [5.41, 5.74) is 2.48. The number of pyridine rings is 1. The molecule has 4 aromatic rings. The molecule has 12 nitrogen and oxygen atoms in total. The highest BCUT2D eigenvalue weighted by Crippen LogP contribution is 2.24. The molecule has 4 rings (SSSR count). The number of aromatic nitrogens is 3. The number of amides is 2. The van der Waals surface area contributed by atoms with Crippen molar-refractivity contribution in [2.24, 2.45) is 11.0 Å². The molecule has 1 unspecified atom stereocenters. The summed E-state index contributed by atoms with van der Waals surface area (Å²) in [6.45, 7) is 0. The Labute approximate surface area is 232 Å². The second-order valence-electron chi connectivity index (χ2n) is 8.28. The highest BCUT2D eigenvalue weighted by Gasteiger charge is 2.33. The van der Waals surface area contributed by atoms with Crippen LogP contribution in [0.3, 0.4) is 0 Å². The van der Waals surface area contributed by atoms with Crippen molar-refractivity contribution in [2.75, 3.05) is 19.5 Å². The zero-order chi connectivity index (χ0) is 28.6. The Morgan fingerprint density at radius 2 is 1.82 bits per heavy atom. The zero-order valence-corrected chi connectivity index (χ0v) is 22.1. The molecule has 2 amide bonds. The van der Waals surface area contributed by atoms with Gasteiger partial charge in [0.05, 0.1) is 30.9 Å². The normalized spacial score (nSPS) is 11.9. The van der Waals surface area contributed by atoms with Crippen LogP contribution in [0.4, 0.5) is 5.69 Å². The third-order valence-electron chi connectivity index (χ3n) is 5.75. The first-order valence-electron chi connectivity index (χ1n) is 11.8. The van der Waals surface area contributed by atoms with E-state index >= 15 is 0 Å². The molecule has 0 bridgehead atoms. The third-order valence-corrected chi connectivity index (χ3v) is 5.98. The third kappa shape index (κ3) is 6.48. The van der Waals surface area contributed by atoms with Gasteiger partial charge in [-0.2, -0.15) is 5.10 Å². The van der Waals surface area contributed by atoms with Crippen molar-refractivity contribution < 1.29 is 23.9 Å². The Hall–Kier alpha value is -5.10. The van der Waals surface area contributed by atoms with Gasteiger partial charge in [0.1, 0.15) is 23.1 Å². The topological polar surface area (TPSA) is 165 Å². The molecule has 0 radical (unpaired) electrons. The summed E-state index contributed by atoms with van der Waals surface area (Å²) in [4.78, 5) is 62.9. The average molecular weight is 563 g/mol. The fraction of sp³-hybridized carbons (Fsp3) is 0.148. The molecule has 0 spiro atoms. The number of hydrogen-bond donors (Lipinski definition) is 3. The number of hydrazone groups is 1. The van der Waals surface area contributed by atoms with Crippen molar-refractivity contribution in [2.45, 2.75) is 6.42 Å². The van der Waals surface area contributed by atoms with Crippen molar-refractivity contribution >= 4 is 51.8 Å². The molecule has 13 heteroatoms. The van der Waals surface area contributed by atoms with Gasteiger partial charge in [0, 0.05) is 29.4 Å². The smallest absolute Gasteiger partial charge is 0.315 e. The first-order valence-corrected chi connectivity index (χ1v) is 12.2. The quantitative estimate of drug-likeness (QED) is 0.159. The molecule has 0 saturated heterocycles. The van der Waals surface area contributed by atoms with E-state index in [1.54, 1.807) is 36.4 Å². The average Bonchev–Trinajstić information content (AvgIpc) is 2.97. The van der Waals surface area contributed by atoms with Crippen molar-refractivity contribution in [1.29, 1.82) is 0 Å². The van der Waals surface area contributed by atoms with E-state index in [0.29, 0.717) is 21.8 Å². The Balaban J connectivity index is 1.75. The molecule has 0 aliphatic rings. The second kappa shape index (κ2) is 12.6. The number of anilines is 1. The first kappa shape index (κ1) is 27.9. The minimum absolute atomic E-state index is 0.0662. The largest absolute Gasteiger partial charge is 0.495 e. The molecule has 3 N–H and O–H groups in total. The molecule has 2 heterocycles. The van der Waals surface area contributed by atoms with Crippen molar-refractivity contribution in [3.63, 3.8) is 0 Å². The molecular formula is C27H23ClN6O6. The summed E-state index contributed by atoms with van der Waals surface area (Å²) >= 11 is 6.01. The van der Waals surface area contributed by atoms with E-state index in [-0.39, 0.29) is 23.4 Å². The highest BCUT2D eigenvalue weighted by atomic mass is 35.5. The van der Waals surface area contributed by atoms with Crippen LogP contribution in [0.5, 0.6) is 5.75 Å². The summed E-state index contributed by atoms with van der Waals surface area (Å²) in [5, 5.41) is 7.04. The Morgan fingerprint density at radius 1 is 1.07 bits per heavy atom. The number of para-hydroxylation sites is 2. The lowest BCUT2D eigenvalue weighted by Crippen LogP contribution is -2.39. The van der Waals surface area contributed by atoms with Crippen LogP contribution in [-0.4, -0.2) is 52.7 Å². The molecular weight excluding hydrogens is 540 g/mol. The van der Waals surface area contributed by atoms with E-state index in [0.717, 1.165) is 7.11 Å². The van der Waals surface area contributed by atoms with Crippen LogP contribution < -0.4 is 21.0 Å². The summed E-state index contributed by atoms with van der Waals surface area (Å²) in [6.07, 6.45) is 2.45. The minimum atomic E-state index is -1.43. The van der Waals surface area contributed by atoms with Gasteiger partial charge in [0.2, 0.25) is 0 Å². The monoisotopic (exact) mass is 562 g/mol. The Morgan fingerprint density at radius 3 is 2.55 bits per heavy atom. The maximum Gasteiger partial charge on any atom is 0.315 e. The Bertz CT molecular complexity index is 1660. The van der Waals surface area contributed by atoms with Crippen LogP contribution in [0.1, 0.15) is 16.1 Å². The van der Waals surface area contributed by atoms with E-state index in [9.17, 15) is 19.2 Å². The van der Waals surface area contributed by atoms with Gasteiger partial charge in [-0.05, 0) is 42.5 Å². The van der Waals surface area contributed by atoms with Crippen molar-refractivity contribution in [1.82, 2.24) is 20.4 Å². The summed E-state index contributed by atoms with van der Waals surface area (Å²) < 4.78 is 10.2. The van der Waals surface area contributed by atoms with Gasteiger partial charge >= 0.3 is 5.97 Å². The maximum atomic E-state index is 13.5. The van der Waals surface area contributed by atoms with Crippen LogP contribution in [0.15, 0.2) is 76.9 Å². The number of fused-ring (bicyclic) bond motifs is 1. The number of nitrogens with one attached hydrogen (secondary N) is 3. The van der Waals surface area contributed by atoms with Crippen LogP contribution in [-0.2, 0) is 20.7 Å². The number of aromatic amines is 1. The predicted octanol–water partition coefficient (Wildman–Crippen LogP) is 2.74. The van der Waals surface area contributed by atoms with Gasteiger partial charge in [-0.15, -0.1) is 0 Å². The molecule has 0 aliphatic carbocycles. The van der Waals surface area contributed by atoms with E-state index in [2.05, 4.69) is 30.8 Å². The van der Waals surface area contributed by atoms with Crippen LogP contribution >= 0.6 is 11.6 Å². The fourth-order valence-corrected chi connectivity index (χ4v) is 3.93. The standard InChI is InChI=1S/C27H23ClN6O6/c1-39-22-6-4-3-5-19(22)31-26(37)23(33-34-24(35)15-9-11-29-12-10-15)17(27(38)40-2)14-21-25(36)32-20-13-16(28)7-8-18(20)30-21/h3-13,17H,14H2,1-2H3,(H,31,37)(H,32,36)(H,34,35). The molecule has 204 valence electrons. The van der Waals surface area contributed by atoms with Gasteiger partial charge in [0.15, 0.2) is 0 Å². The lowest BCUT2D eigenvalue weighted by atomic mass is 9.96. The molecule has 0 saturated carbocycles. The fourth-order valence-electron chi connectivity index (χ4n) is 3.76. The molecule has 1 atom stereocenters.